The molecule has 1 aromatic rings. The van der Waals surface area contributed by atoms with E-state index in [4.69, 9.17) is 11.6 Å². The number of nitrogens with zero attached hydrogens (tertiary/aromatic N) is 1. The molecule has 12 heavy (non-hydrogen) atoms. The number of pyridine rings is 1. The molecule has 1 aromatic heterocycles. The van der Waals surface area contributed by atoms with Crippen LogP contribution in [0.5, 0.6) is 0 Å². The molecule has 5 heteroatoms. The van der Waals surface area contributed by atoms with E-state index in [9.17, 15) is 13.2 Å². The van der Waals surface area contributed by atoms with Crippen LogP contribution in [0.1, 0.15) is 17.7 Å². The summed E-state index contributed by atoms with van der Waals surface area (Å²) in [6.07, 6.45) is -1.91. The predicted molar refractivity (Wildman–Crippen MR) is 38.9 cm³/mol. The van der Waals surface area contributed by atoms with E-state index in [1.54, 1.807) is 0 Å². The summed E-state index contributed by atoms with van der Waals surface area (Å²) in [5, 5.41) is -0.544. The Bertz CT molecular complexity index is 301. The van der Waals surface area contributed by atoms with E-state index in [1.807, 2.05) is 0 Å². The van der Waals surface area contributed by atoms with Crippen LogP contribution in [0.25, 0.3) is 0 Å². The van der Waals surface area contributed by atoms with E-state index in [1.165, 1.54) is 6.92 Å². The summed E-state index contributed by atoms with van der Waals surface area (Å²) >= 11 is 5.30. The Morgan fingerprint density at radius 3 is 2.58 bits per heavy atom. The van der Waals surface area contributed by atoms with Crippen LogP contribution < -0.4 is 0 Å². The van der Waals surface area contributed by atoms with Gasteiger partial charge in [-0.2, -0.15) is 0 Å². The molecule has 0 spiro atoms. The highest BCUT2D eigenvalue weighted by atomic mass is 35.5. The standard InChI is InChI=1S/C7H5ClF3N/c1-3-6(9)5(8)4(2-12-3)7(10)11/h2,7H,1H3. The highest BCUT2D eigenvalue weighted by Gasteiger charge is 2.17. The summed E-state index contributed by atoms with van der Waals surface area (Å²) in [4.78, 5) is 3.42. The van der Waals surface area contributed by atoms with Gasteiger partial charge in [-0.3, -0.25) is 4.98 Å². The highest BCUT2D eigenvalue weighted by molar-refractivity contribution is 6.31. The molecule has 0 fully saturated rings. The lowest BCUT2D eigenvalue weighted by atomic mass is 10.2. The fraction of sp³-hybridized carbons (Fsp3) is 0.286. The van der Waals surface area contributed by atoms with E-state index >= 15 is 0 Å². The molecule has 0 aliphatic heterocycles. The smallest absolute Gasteiger partial charge is 0.258 e. The Balaban J connectivity index is 3.27. The lowest BCUT2D eigenvalue weighted by molar-refractivity contribution is 0.150. The van der Waals surface area contributed by atoms with Crippen molar-refractivity contribution in [3.8, 4) is 0 Å². The number of rotatable bonds is 1. The van der Waals surface area contributed by atoms with Crippen molar-refractivity contribution >= 4 is 11.6 Å². The van der Waals surface area contributed by atoms with Gasteiger partial charge in [-0.05, 0) is 6.92 Å². The highest BCUT2D eigenvalue weighted by Crippen LogP contribution is 2.28. The maximum atomic E-state index is 12.8. The van der Waals surface area contributed by atoms with Crippen molar-refractivity contribution in [3.63, 3.8) is 0 Å². The van der Waals surface area contributed by atoms with Gasteiger partial charge < -0.3 is 0 Å². The second-order valence-corrected chi connectivity index (χ2v) is 2.61. The molecule has 0 bridgehead atoms. The summed E-state index contributed by atoms with van der Waals surface area (Å²) in [5.74, 6) is -0.880. The first-order valence-corrected chi connectivity index (χ1v) is 3.50. The molecule has 0 aliphatic rings. The van der Waals surface area contributed by atoms with E-state index in [0.29, 0.717) is 0 Å². The molecule has 66 valence electrons. The van der Waals surface area contributed by atoms with Crippen LogP contribution >= 0.6 is 11.6 Å². The second-order valence-electron chi connectivity index (χ2n) is 2.23. The molecule has 0 saturated heterocycles. The lowest BCUT2D eigenvalue weighted by Gasteiger charge is -2.04. The Hall–Kier alpha value is -0.770. The fourth-order valence-electron chi connectivity index (χ4n) is 0.717. The third-order valence-corrected chi connectivity index (χ3v) is 1.78. The van der Waals surface area contributed by atoms with Crippen LogP contribution in [0.3, 0.4) is 0 Å². The minimum atomic E-state index is -2.79. The van der Waals surface area contributed by atoms with Gasteiger partial charge in [-0.1, -0.05) is 11.6 Å². The summed E-state index contributed by atoms with van der Waals surface area (Å²) < 4.78 is 36.9. The number of halogens is 4. The molecular weight excluding hydrogens is 191 g/mol. The van der Waals surface area contributed by atoms with Gasteiger partial charge in [0, 0.05) is 6.20 Å². The van der Waals surface area contributed by atoms with Gasteiger partial charge in [0.25, 0.3) is 6.43 Å². The van der Waals surface area contributed by atoms with Gasteiger partial charge in [0.1, 0.15) is 0 Å². The molecule has 0 unspecified atom stereocenters. The number of hydrogen-bond donors (Lipinski definition) is 0. The summed E-state index contributed by atoms with van der Waals surface area (Å²) in [5.41, 5.74) is -0.552. The zero-order valence-electron chi connectivity index (χ0n) is 6.11. The van der Waals surface area contributed by atoms with Crippen molar-refractivity contribution in [2.45, 2.75) is 13.3 Å². The van der Waals surface area contributed by atoms with E-state index in [-0.39, 0.29) is 5.69 Å². The monoisotopic (exact) mass is 195 g/mol. The normalized spacial score (nSPS) is 10.8. The van der Waals surface area contributed by atoms with Crippen LogP contribution in [0.2, 0.25) is 5.02 Å². The SMILES string of the molecule is Cc1ncc(C(F)F)c(Cl)c1F. The molecule has 1 heterocycles. The Morgan fingerprint density at radius 2 is 2.08 bits per heavy atom. The van der Waals surface area contributed by atoms with Crippen molar-refractivity contribution in [2.75, 3.05) is 0 Å². The van der Waals surface area contributed by atoms with Crippen LogP contribution in [0, 0.1) is 12.7 Å². The lowest BCUT2D eigenvalue weighted by Crippen LogP contribution is -1.95. The maximum absolute atomic E-state index is 12.8. The van der Waals surface area contributed by atoms with Gasteiger partial charge >= 0.3 is 0 Å². The molecule has 1 nitrogen and oxygen atoms in total. The van der Waals surface area contributed by atoms with Crippen molar-refractivity contribution in [3.05, 3.63) is 28.3 Å². The molecule has 0 saturated carbocycles. The molecule has 0 radical (unpaired) electrons. The third-order valence-electron chi connectivity index (χ3n) is 1.40. The minimum absolute atomic E-state index is 0.0180. The molecular formula is C7H5ClF3N. The third kappa shape index (κ3) is 1.53. The molecule has 0 atom stereocenters. The zero-order valence-corrected chi connectivity index (χ0v) is 6.87. The van der Waals surface area contributed by atoms with Gasteiger partial charge in [0.2, 0.25) is 0 Å². The van der Waals surface area contributed by atoms with Crippen LogP contribution in [0.15, 0.2) is 6.20 Å². The van der Waals surface area contributed by atoms with Crippen molar-refractivity contribution in [1.29, 1.82) is 0 Å². The maximum Gasteiger partial charge on any atom is 0.266 e. The van der Waals surface area contributed by atoms with Gasteiger partial charge in [0.15, 0.2) is 5.82 Å². The van der Waals surface area contributed by atoms with E-state index in [2.05, 4.69) is 4.98 Å². The summed E-state index contributed by atoms with van der Waals surface area (Å²) in [6.45, 7) is 1.36. The Kier molecular flexibility index (Phi) is 2.57. The number of alkyl halides is 2. The number of aromatic nitrogens is 1. The van der Waals surface area contributed by atoms with Crippen molar-refractivity contribution in [1.82, 2.24) is 4.98 Å². The second kappa shape index (κ2) is 3.31. The Morgan fingerprint density at radius 1 is 1.50 bits per heavy atom. The molecule has 0 N–H and O–H groups in total. The molecule has 1 rings (SSSR count). The Labute approximate surface area is 72.2 Å². The first kappa shape index (κ1) is 9.32. The minimum Gasteiger partial charge on any atom is -0.258 e. The van der Waals surface area contributed by atoms with Crippen molar-refractivity contribution < 1.29 is 13.2 Å². The van der Waals surface area contributed by atoms with Gasteiger partial charge in [-0.25, -0.2) is 13.2 Å². The first-order chi connectivity index (χ1) is 5.54. The topological polar surface area (TPSA) is 12.9 Å². The van der Waals surface area contributed by atoms with Gasteiger partial charge in [0.05, 0.1) is 16.3 Å². The molecule has 0 amide bonds. The molecule has 0 aliphatic carbocycles. The van der Waals surface area contributed by atoms with Gasteiger partial charge in [-0.15, -0.1) is 0 Å². The summed E-state index contributed by atoms with van der Waals surface area (Å²) in [7, 11) is 0. The average Bonchev–Trinajstić information content (AvgIpc) is 2.00. The summed E-state index contributed by atoms with van der Waals surface area (Å²) in [6, 6.07) is 0. The zero-order chi connectivity index (χ0) is 9.30. The van der Waals surface area contributed by atoms with Crippen LogP contribution in [-0.4, -0.2) is 4.98 Å². The van der Waals surface area contributed by atoms with E-state index < -0.39 is 22.8 Å². The van der Waals surface area contributed by atoms with Crippen LogP contribution in [0.4, 0.5) is 13.2 Å². The first-order valence-electron chi connectivity index (χ1n) is 3.12. The van der Waals surface area contributed by atoms with Crippen molar-refractivity contribution in [2.24, 2.45) is 0 Å². The number of hydrogen-bond acceptors (Lipinski definition) is 1. The number of aryl methyl sites for hydroxylation is 1. The molecule has 0 aromatic carbocycles. The predicted octanol–water partition coefficient (Wildman–Crippen LogP) is 3.12. The fourth-order valence-corrected chi connectivity index (χ4v) is 0.985. The largest absolute Gasteiger partial charge is 0.266 e. The average molecular weight is 196 g/mol. The van der Waals surface area contributed by atoms with Crippen LogP contribution in [-0.2, 0) is 0 Å². The van der Waals surface area contributed by atoms with E-state index in [0.717, 1.165) is 6.20 Å². The quantitative estimate of drug-likeness (QED) is 0.671.